The molecule has 1 saturated carbocycles. The SMILES string of the molecule is Cc1ccc(S(=O)(=O)NC[C@H]2CC[C@H](CNc3nc(N4CCN(c5ccccc5)CC4)c4ccccc4n3)CC2)cc1. The van der Waals surface area contributed by atoms with Crippen molar-refractivity contribution in [1.82, 2.24) is 14.7 Å². The Kier molecular flexibility index (Phi) is 8.58. The van der Waals surface area contributed by atoms with Gasteiger partial charge in [-0.15, -0.1) is 0 Å². The minimum absolute atomic E-state index is 0.332. The van der Waals surface area contributed by atoms with E-state index in [4.69, 9.17) is 9.97 Å². The molecule has 8 nitrogen and oxygen atoms in total. The van der Waals surface area contributed by atoms with E-state index in [0.717, 1.165) is 80.7 Å². The lowest BCUT2D eigenvalue weighted by molar-refractivity contribution is 0.284. The van der Waals surface area contributed by atoms with Crippen molar-refractivity contribution in [3.63, 3.8) is 0 Å². The van der Waals surface area contributed by atoms with Gasteiger partial charge in [0, 0.05) is 50.3 Å². The molecule has 3 aromatic carbocycles. The number of nitrogens with zero attached hydrogens (tertiary/aromatic N) is 4. The van der Waals surface area contributed by atoms with E-state index in [0.29, 0.717) is 29.2 Å². The van der Waals surface area contributed by atoms with Crippen LogP contribution in [-0.2, 0) is 10.0 Å². The summed E-state index contributed by atoms with van der Waals surface area (Å²) in [5, 5.41) is 4.63. The summed E-state index contributed by atoms with van der Waals surface area (Å²) in [5.41, 5.74) is 3.28. The maximum absolute atomic E-state index is 12.7. The molecule has 0 atom stereocenters. The Balaban J connectivity index is 1.03. The normalized spacial score (nSPS) is 19.6. The molecule has 220 valence electrons. The summed E-state index contributed by atoms with van der Waals surface area (Å²) in [6.07, 6.45) is 4.15. The minimum atomic E-state index is -3.47. The van der Waals surface area contributed by atoms with Gasteiger partial charge in [0.05, 0.1) is 10.4 Å². The molecule has 2 heterocycles. The van der Waals surface area contributed by atoms with Gasteiger partial charge >= 0.3 is 0 Å². The molecule has 1 aliphatic heterocycles. The van der Waals surface area contributed by atoms with Gasteiger partial charge in [0.15, 0.2) is 0 Å². The molecule has 0 radical (unpaired) electrons. The van der Waals surface area contributed by atoms with Gasteiger partial charge in [-0.3, -0.25) is 0 Å². The summed E-state index contributed by atoms with van der Waals surface area (Å²) < 4.78 is 28.2. The molecule has 1 aliphatic carbocycles. The first-order valence-electron chi connectivity index (χ1n) is 15.1. The second-order valence-electron chi connectivity index (χ2n) is 11.6. The van der Waals surface area contributed by atoms with Crippen molar-refractivity contribution >= 4 is 38.4 Å². The largest absolute Gasteiger partial charge is 0.368 e. The van der Waals surface area contributed by atoms with E-state index < -0.39 is 10.0 Å². The van der Waals surface area contributed by atoms with Crippen LogP contribution in [0.1, 0.15) is 31.2 Å². The van der Waals surface area contributed by atoms with Crippen molar-refractivity contribution < 1.29 is 8.42 Å². The third-order valence-electron chi connectivity index (χ3n) is 8.69. The van der Waals surface area contributed by atoms with Crippen LogP contribution >= 0.6 is 0 Å². The summed E-state index contributed by atoms with van der Waals surface area (Å²) in [6.45, 7) is 6.99. The summed E-state index contributed by atoms with van der Waals surface area (Å²) in [5.74, 6) is 2.56. The van der Waals surface area contributed by atoms with Crippen LogP contribution in [0.2, 0.25) is 0 Å². The molecule has 9 heteroatoms. The molecule has 4 aromatic rings. The Labute approximate surface area is 249 Å². The number of anilines is 3. The Morgan fingerprint density at radius 3 is 2.07 bits per heavy atom. The van der Waals surface area contributed by atoms with Crippen LogP contribution in [0.4, 0.5) is 17.5 Å². The van der Waals surface area contributed by atoms with Crippen molar-refractivity contribution in [2.75, 3.05) is 54.4 Å². The first kappa shape index (κ1) is 28.4. The fourth-order valence-electron chi connectivity index (χ4n) is 6.10. The topological polar surface area (TPSA) is 90.5 Å². The lowest BCUT2D eigenvalue weighted by Gasteiger charge is -2.37. The van der Waals surface area contributed by atoms with Crippen molar-refractivity contribution in [1.29, 1.82) is 0 Å². The maximum Gasteiger partial charge on any atom is 0.240 e. The lowest BCUT2D eigenvalue weighted by atomic mass is 9.82. The van der Waals surface area contributed by atoms with E-state index in [1.54, 1.807) is 12.1 Å². The molecule has 1 saturated heterocycles. The number of aryl methyl sites for hydroxylation is 1. The standard InChI is InChI=1S/C33H40N6O2S/c1-25-11-17-29(18-12-25)42(40,41)35-24-27-15-13-26(14-16-27)23-34-33-36-31-10-6-5-9-30(31)32(37-33)39-21-19-38(20-22-39)28-7-3-2-4-8-28/h2-12,17-18,26-27,35H,13-16,19-24H2,1H3,(H,34,36,37)/t26-,27-. The van der Waals surface area contributed by atoms with Crippen LogP contribution in [0.25, 0.3) is 10.9 Å². The number of piperazine rings is 1. The molecular formula is C33H40N6O2S. The summed E-state index contributed by atoms with van der Waals surface area (Å²) >= 11 is 0. The number of fused-ring (bicyclic) bond motifs is 1. The van der Waals surface area contributed by atoms with Gasteiger partial charge in [0.25, 0.3) is 0 Å². The summed E-state index contributed by atoms with van der Waals surface area (Å²) in [6, 6.07) is 25.9. The maximum atomic E-state index is 12.7. The Bertz CT molecular complexity index is 1580. The van der Waals surface area contributed by atoms with Crippen LogP contribution < -0.4 is 19.8 Å². The third-order valence-corrected chi connectivity index (χ3v) is 10.1. The number of para-hydroxylation sites is 2. The molecule has 6 rings (SSSR count). The molecule has 2 N–H and O–H groups in total. The predicted octanol–water partition coefficient (Wildman–Crippen LogP) is 5.46. The molecule has 42 heavy (non-hydrogen) atoms. The zero-order chi connectivity index (χ0) is 28.9. The Morgan fingerprint density at radius 2 is 1.36 bits per heavy atom. The molecule has 0 unspecified atom stereocenters. The number of nitrogens with one attached hydrogen (secondary N) is 2. The summed E-state index contributed by atoms with van der Waals surface area (Å²) in [7, 11) is -3.47. The highest BCUT2D eigenvalue weighted by Gasteiger charge is 2.25. The van der Waals surface area contributed by atoms with Gasteiger partial charge < -0.3 is 15.1 Å². The fourth-order valence-corrected chi connectivity index (χ4v) is 7.22. The van der Waals surface area contributed by atoms with Gasteiger partial charge in [-0.05, 0) is 80.8 Å². The zero-order valence-electron chi connectivity index (χ0n) is 24.2. The number of hydrogen-bond donors (Lipinski definition) is 2. The van der Waals surface area contributed by atoms with Crippen molar-refractivity contribution in [2.24, 2.45) is 11.8 Å². The number of aromatic nitrogens is 2. The van der Waals surface area contributed by atoms with E-state index in [-0.39, 0.29) is 0 Å². The molecule has 0 spiro atoms. The average Bonchev–Trinajstić information content (AvgIpc) is 3.03. The fraction of sp³-hybridized carbons (Fsp3) is 0.394. The van der Waals surface area contributed by atoms with E-state index in [2.05, 4.69) is 68.4 Å². The monoisotopic (exact) mass is 584 g/mol. The van der Waals surface area contributed by atoms with Crippen molar-refractivity contribution in [2.45, 2.75) is 37.5 Å². The van der Waals surface area contributed by atoms with Crippen molar-refractivity contribution in [3.05, 3.63) is 84.4 Å². The lowest BCUT2D eigenvalue weighted by Crippen LogP contribution is -2.47. The van der Waals surface area contributed by atoms with Crippen LogP contribution in [-0.4, -0.2) is 57.7 Å². The smallest absolute Gasteiger partial charge is 0.240 e. The first-order valence-corrected chi connectivity index (χ1v) is 16.5. The van der Waals surface area contributed by atoms with Crippen LogP contribution in [0.5, 0.6) is 0 Å². The van der Waals surface area contributed by atoms with Gasteiger partial charge in [-0.25, -0.2) is 18.1 Å². The third kappa shape index (κ3) is 6.68. The number of benzene rings is 3. The van der Waals surface area contributed by atoms with E-state index in [1.807, 2.05) is 25.1 Å². The first-order chi connectivity index (χ1) is 20.4. The predicted molar refractivity (Wildman–Crippen MR) is 171 cm³/mol. The number of sulfonamides is 1. The number of rotatable bonds is 9. The zero-order valence-corrected chi connectivity index (χ0v) is 25.1. The Morgan fingerprint density at radius 1 is 0.738 bits per heavy atom. The van der Waals surface area contributed by atoms with Crippen molar-refractivity contribution in [3.8, 4) is 0 Å². The van der Waals surface area contributed by atoms with Crippen LogP contribution in [0.15, 0.2) is 83.8 Å². The molecule has 2 aliphatic rings. The van der Waals surface area contributed by atoms with Gasteiger partial charge in [0.1, 0.15) is 5.82 Å². The minimum Gasteiger partial charge on any atom is -0.368 e. The molecule has 2 fully saturated rings. The highest BCUT2D eigenvalue weighted by atomic mass is 32.2. The van der Waals surface area contributed by atoms with Crippen LogP contribution in [0.3, 0.4) is 0 Å². The molecular weight excluding hydrogens is 544 g/mol. The highest BCUT2D eigenvalue weighted by Crippen LogP contribution is 2.30. The van der Waals surface area contributed by atoms with Gasteiger partial charge in [-0.2, -0.15) is 4.98 Å². The van der Waals surface area contributed by atoms with E-state index in [9.17, 15) is 8.42 Å². The quantitative estimate of drug-likeness (QED) is 0.270. The Hall–Kier alpha value is -3.69. The number of hydrogen-bond acceptors (Lipinski definition) is 7. The molecule has 1 aromatic heterocycles. The summed E-state index contributed by atoms with van der Waals surface area (Å²) in [4.78, 5) is 15.0. The highest BCUT2D eigenvalue weighted by molar-refractivity contribution is 7.89. The van der Waals surface area contributed by atoms with E-state index in [1.165, 1.54) is 5.69 Å². The van der Waals surface area contributed by atoms with E-state index >= 15 is 0 Å². The average molecular weight is 585 g/mol. The molecule has 0 amide bonds. The van der Waals surface area contributed by atoms with Gasteiger partial charge in [-0.1, -0.05) is 48.0 Å². The van der Waals surface area contributed by atoms with Crippen LogP contribution in [0, 0.1) is 18.8 Å². The molecule has 0 bridgehead atoms. The second-order valence-corrected chi connectivity index (χ2v) is 13.4. The van der Waals surface area contributed by atoms with Gasteiger partial charge in [0.2, 0.25) is 16.0 Å². The second kappa shape index (κ2) is 12.7.